The zero-order valence-electron chi connectivity index (χ0n) is 27.4. The molecule has 0 bridgehead atoms. The molecule has 2 aromatic carbocycles. The zero-order chi connectivity index (χ0) is 36.8. The van der Waals surface area contributed by atoms with Crippen molar-refractivity contribution in [2.45, 2.75) is 39.0 Å². The molecule has 2 amide bonds. The number of nitrogens with one attached hydrogen (secondary N) is 2. The summed E-state index contributed by atoms with van der Waals surface area (Å²) in [5.41, 5.74) is -3.08. The van der Waals surface area contributed by atoms with Gasteiger partial charge in [-0.05, 0) is 107 Å². The molecule has 4 rings (SSSR count). The first-order chi connectivity index (χ1) is 23.5. The molecule has 0 spiro atoms. The van der Waals surface area contributed by atoms with Crippen molar-refractivity contribution in [3.05, 3.63) is 127 Å². The average Bonchev–Trinajstić information content (AvgIpc) is 3.04. The van der Waals surface area contributed by atoms with Gasteiger partial charge in [0.25, 0.3) is 22.9 Å². The van der Waals surface area contributed by atoms with Crippen LogP contribution in [0.1, 0.15) is 56.1 Å². The summed E-state index contributed by atoms with van der Waals surface area (Å²) in [6.07, 6.45) is -8.20. The fraction of sp³-hybridized carbons (Fsp3) is 0.314. The number of hydrogen-bond donors (Lipinski definition) is 2. The maximum Gasteiger partial charge on any atom is 0.416 e. The van der Waals surface area contributed by atoms with Gasteiger partial charge in [-0.3, -0.25) is 28.3 Å². The minimum Gasteiger partial charge on any atom is -0.352 e. The van der Waals surface area contributed by atoms with Crippen LogP contribution in [-0.2, 0) is 12.4 Å². The summed E-state index contributed by atoms with van der Waals surface area (Å²) >= 11 is 0. The van der Waals surface area contributed by atoms with E-state index in [2.05, 4.69) is 10.6 Å². The van der Waals surface area contributed by atoms with Crippen molar-refractivity contribution < 1.29 is 35.9 Å². The molecule has 0 atom stereocenters. The summed E-state index contributed by atoms with van der Waals surface area (Å²) in [7, 11) is 1.82. The van der Waals surface area contributed by atoms with E-state index in [0.717, 1.165) is 33.4 Å². The number of aryl methyl sites for hydroxylation is 2. The van der Waals surface area contributed by atoms with Crippen molar-refractivity contribution in [2.75, 3.05) is 33.2 Å². The van der Waals surface area contributed by atoms with Crippen LogP contribution in [0.15, 0.2) is 82.4 Å². The third-order valence-electron chi connectivity index (χ3n) is 7.91. The molecule has 0 aliphatic carbocycles. The summed E-state index contributed by atoms with van der Waals surface area (Å²) in [5.74, 6) is -1.33. The van der Waals surface area contributed by atoms with Gasteiger partial charge >= 0.3 is 12.4 Å². The standard InChI is InChI=1S/C35H35F6N5O4/c1-22-12-14-28(32(49)45(22)26-10-4-8-24(20-26)34(36,37)38)30(47)42-16-6-18-44(3)19-7-17-43-31(48)29-15-13-23(2)46(33(29)50)27-11-5-9-25(21-27)35(39,40)41/h4-5,8-15,20-21H,6-7,16-19H2,1-3H3,(H,42,47)(H,43,48). The third kappa shape index (κ3) is 9.08. The van der Waals surface area contributed by atoms with Gasteiger partial charge in [0.15, 0.2) is 0 Å². The molecule has 2 aromatic heterocycles. The van der Waals surface area contributed by atoms with E-state index in [1.165, 1.54) is 48.5 Å². The second kappa shape index (κ2) is 15.6. The molecule has 4 aromatic rings. The van der Waals surface area contributed by atoms with Crippen LogP contribution in [0.5, 0.6) is 0 Å². The number of carbonyl (C=O) groups is 2. The Labute approximate surface area is 283 Å². The second-order valence-corrected chi connectivity index (χ2v) is 11.7. The number of carbonyl (C=O) groups excluding carboxylic acids is 2. The van der Waals surface area contributed by atoms with E-state index in [4.69, 9.17) is 0 Å². The maximum atomic E-state index is 13.2. The lowest BCUT2D eigenvalue weighted by Crippen LogP contribution is -2.35. The number of hydrogen-bond acceptors (Lipinski definition) is 5. The van der Waals surface area contributed by atoms with Crippen molar-refractivity contribution in [3.8, 4) is 11.4 Å². The first kappa shape index (κ1) is 37.6. The van der Waals surface area contributed by atoms with Gasteiger partial charge < -0.3 is 15.5 Å². The van der Waals surface area contributed by atoms with Gasteiger partial charge in [0.05, 0.1) is 11.1 Å². The molecule has 0 unspecified atom stereocenters. The lowest BCUT2D eigenvalue weighted by atomic mass is 10.1. The van der Waals surface area contributed by atoms with E-state index in [9.17, 15) is 45.5 Å². The molecule has 2 N–H and O–H groups in total. The number of amides is 2. The molecule has 0 aliphatic heterocycles. The molecular weight excluding hydrogens is 668 g/mol. The highest BCUT2D eigenvalue weighted by Crippen LogP contribution is 2.31. The number of halogens is 6. The van der Waals surface area contributed by atoms with Gasteiger partial charge in [-0.1, -0.05) is 12.1 Å². The predicted octanol–water partition coefficient (Wildman–Crippen LogP) is 5.51. The maximum absolute atomic E-state index is 13.2. The van der Waals surface area contributed by atoms with Gasteiger partial charge in [-0.2, -0.15) is 26.3 Å². The predicted molar refractivity (Wildman–Crippen MR) is 175 cm³/mol. The van der Waals surface area contributed by atoms with Gasteiger partial charge in [-0.25, -0.2) is 0 Å². The van der Waals surface area contributed by atoms with Crippen LogP contribution in [0, 0.1) is 13.8 Å². The number of pyridine rings is 2. The quantitative estimate of drug-likeness (QED) is 0.150. The molecule has 0 saturated carbocycles. The van der Waals surface area contributed by atoms with Gasteiger partial charge in [0, 0.05) is 35.9 Å². The van der Waals surface area contributed by atoms with Crippen LogP contribution in [0.2, 0.25) is 0 Å². The van der Waals surface area contributed by atoms with Gasteiger partial charge in [-0.15, -0.1) is 0 Å². The monoisotopic (exact) mass is 703 g/mol. The summed E-state index contributed by atoms with van der Waals surface area (Å²) in [5, 5.41) is 5.32. The van der Waals surface area contributed by atoms with Crippen molar-refractivity contribution in [1.29, 1.82) is 0 Å². The Hall–Kier alpha value is -5.18. The number of alkyl halides is 6. The molecule has 0 fully saturated rings. The summed E-state index contributed by atoms with van der Waals surface area (Å²) < 4.78 is 81.4. The number of nitrogens with zero attached hydrogens (tertiary/aromatic N) is 3. The van der Waals surface area contributed by atoms with E-state index >= 15 is 0 Å². The normalized spacial score (nSPS) is 11.9. The van der Waals surface area contributed by atoms with Gasteiger partial charge in [0.2, 0.25) is 0 Å². The van der Waals surface area contributed by atoms with E-state index < -0.39 is 46.4 Å². The lowest BCUT2D eigenvalue weighted by Gasteiger charge is -2.17. The van der Waals surface area contributed by atoms with E-state index in [0.29, 0.717) is 37.3 Å². The first-order valence-electron chi connectivity index (χ1n) is 15.5. The highest BCUT2D eigenvalue weighted by atomic mass is 19.4. The molecule has 50 heavy (non-hydrogen) atoms. The smallest absolute Gasteiger partial charge is 0.352 e. The Balaban J connectivity index is 1.26. The number of rotatable bonds is 12. The fourth-order valence-electron chi connectivity index (χ4n) is 5.29. The highest BCUT2D eigenvalue weighted by Gasteiger charge is 2.32. The first-order valence-corrected chi connectivity index (χ1v) is 15.5. The molecule has 9 nitrogen and oxygen atoms in total. The lowest BCUT2D eigenvalue weighted by molar-refractivity contribution is -0.138. The van der Waals surface area contributed by atoms with Crippen LogP contribution in [0.25, 0.3) is 11.4 Å². The Bertz CT molecular complexity index is 1840. The molecule has 266 valence electrons. The summed E-state index contributed by atoms with van der Waals surface area (Å²) in [6, 6.07) is 14.2. The van der Waals surface area contributed by atoms with E-state index in [1.807, 2.05) is 11.9 Å². The molecule has 0 saturated heterocycles. The van der Waals surface area contributed by atoms with Crippen LogP contribution in [-0.4, -0.2) is 59.1 Å². The summed E-state index contributed by atoms with van der Waals surface area (Å²) in [4.78, 5) is 53.7. The minimum atomic E-state index is -4.60. The Morgan fingerprint density at radius 3 is 1.38 bits per heavy atom. The van der Waals surface area contributed by atoms with Crippen LogP contribution >= 0.6 is 0 Å². The fourth-order valence-corrected chi connectivity index (χ4v) is 5.29. The van der Waals surface area contributed by atoms with Crippen molar-refractivity contribution in [2.24, 2.45) is 0 Å². The van der Waals surface area contributed by atoms with Crippen molar-refractivity contribution in [3.63, 3.8) is 0 Å². The number of benzene rings is 2. The van der Waals surface area contributed by atoms with Crippen LogP contribution in [0.4, 0.5) is 26.3 Å². The Morgan fingerprint density at radius 2 is 1.02 bits per heavy atom. The van der Waals surface area contributed by atoms with E-state index in [1.54, 1.807) is 13.8 Å². The molecular formula is C35H35F6N5O4. The molecule has 0 radical (unpaired) electrons. The molecule has 0 aliphatic rings. The second-order valence-electron chi connectivity index (χ2n) is 11.7. The van der Waals surface area contributed by atoms with Crippen molar-refractivity contribution >= 4 is 11.8 Å². The molecule has 15 heteroatoms. The van der Waals surface area contributed by atoms with Crippen molar-refractivity contribution in [1.82, 2.24) is 24.7 Å². The topological polar surface area (TPSA) is 105 Å². The Kier molecular flexibility index (Phi) is 11.7. The summed E-state index contributed by atoms with van der Waals surface area (Å²) in [6.45, 7) is 4.60. The molecule has 2 heterocycles. The van der Waals surface area contributed by atoms with E-state index in [-0.39, 0.29) is 35.6 Å². The third-order valence-corrected chi connectivity index (χ3v) is 7.91. The van der Waals surface area contributed by atoms with Gasteiger partial charge in [0.1, 0.15) is 11.1 Å². The number of aromatic nitrogens is 2. The zero-order valence-corrected chi connectivity index (χ0v) is 27.4. The SMILES string of the molecule is Cc1ccc(C(=O)NCCCN(C)CCCNC(=O)c2ccc(C)n(-c3cccc(C(F)(F)F)c3)c2=O)c(=O)n1-c1cccc(C(F)(F)F)c1. The Morgan fingerprint density at radius 1 is 0.640 bits per heavy atom. The minimum absolute atomic E-state index is 0.0131. The average molecular weight is 704 g/mol. The van der Waals surface area contributed by atoms with Crippen LogP contribution < -0.4 is 21.8 Å². The largest absolute Gasteiger partial charge is 0.416 e. The highest BCUT2D eigenvalue weighted by molar-refractivity contribution is 5.94. The van der Waals surface area contributed by atoms with Crippen LogP contribution in [0.3, 0.4) is 0 Å².